The van der Waals surface area contributed by atoms with Crippen LogP contribution in [0, 0.1) is 0 Å². The second-order valence-corrected chi connectivity index (χ2v) is 3.13. The highest BCUT2D eigenvalue weighted by atomic mass is 32.2. The van der Waals surface area contributed by atoms with E-state index in [1.807, 2.05) is 24.3 Å². The van der Waals surface area contributed by atoms with Gasteiger partial charge in [-0.2, -0.15) is 0 Å². The molecule has 0 amide bonds. The Hall–Kier alpha value is -0.670. The van der Waals surface area contributed by atoms with E-state index in [1.165, 1.54) is 4.90 Å². The quantitative estimate of drug-likeness (QED) is 0.534. The molecule has 0 fully saturated rings. The lowest BCUT2D eigenvalue weighted by molar-refractivity contribution is 1.03. The number of anilines is 1. The Morgan fingerprint density at radius 3 is 2.55 bits per heavy atom. The Bertz CT molecular complexity index is 208. The first-order valence-corrected chi connectivity index (χ1v) is 4.40. The van der Waals surface area contributed by atoms with Crippen LogP contribution in [0.15, 0.2) is 29.2 Å². The summed E-state index contributed by atoms with van der Waals surface area (Å²) >= 11 is 1.62. The van der Waals surface area contributed by atoms with E-state index in [9.17, 15) is 0 Å². The molecule has 1 aromatic carbocycles. The molecule has 0 radical (unpaired) electrons. The molecule has 0 saturated heterocycles. The van der Waals surface area contributed by atoms with Gasteiger partial charge in [0.1, 0.15) is 0 Å². The fourth-order valence-electron chi connectivity index (χ4n) is 0.691. The Morgan fingerprint density at radius 2 is 2.00 bits per heavy atom. The van der Waals surface area contributed by atoms with E-state index in [0.29, 0.717) is 0 Å². The van der Waals surface area contributed by atoms with Crippen LogP contribution in [-0.2, 0) is 0 Å². The Morgan fingerprint density at radius 1 is 1.36 bits per heavy atom. The third kappa shape index (κ3) is 2.82. The predicted octanol–water partition coefficient (Wildman–Crippen LogP) is 1.89. The van der Waals surface area contributed by atoms with E-state index in [4.69, 9.17) is 5.73 Å². The SMILES string of the molecule is CCNSc1ccc(N)cc1. The van der Waals surface area contributed by atoms with E-state index >= 15 is 0 Å². The molecule has 0 saturated carbocycles. The maximum absolute atomic E-state index is 5.53. The number of hydrogen-bond donors (Lipinski definition) is 2. The van der Waals surface area contributed by atoms with Gasteiger partial charge in [-0.15, -0.1) is 0 Å². The number of nitrogens with two attached hydrogens (primary N) is 1. The maximum Gasteiger partial charge on any atom is 0.0314 e. The lowest BCUT2D eigenvalue weighted by Crippen LogP contribution is -1.99. The van der Waals surface area contributed by atoms with E-state index in [0.717, 1.165) is 12.2 Å². The lowest BCUT2D eigenvalue weighted by atomic mass is 10.3. The smallest absolute Gasteiger partial charge is 0.0314 e. The number of rotatable bonds is 3. The van der Waals surface area contributed by atoms with Gasteiger partial charge in [0.15, 0.2) is 0 Å². The van der Waals surface area contributed by atoms with Gasteiger partial charge in [0.25, 0.3) is 0 Å². The van der Waals surface area contributed by atoms with Gasteiger partial charge in [0.05, 0.1) is 0 Å². The van der Waals surface area contributed by atoms with Crippen LogP contribution in [0.1, 0.15) is 6.92 Å². The molecule has 0 heterocycles. The number of hydrogen-bond acceptors (Lipinski definition) is 3. The van der Waals surface area contributed by atoms with Gasteiger partial charge < -0.3 is 5.73 Å². The van der Waals surface area contributed by atoms with Crippen LogP contribution in [0.5, 0.6) is 0 Å². The van der Waals surface area contributed by atoms with Crippen LogP contribution >= 0.6 is 11.9 Å². The van der Waals surface area contributed by atoms with Crippen LogP contribution in [-0.4, -0.2) is 6.54 Å². The zero-order valence-electron chi connectivity index (χ0n) is 6.50. The minimum absolute atomic E-state index is 0.811. The maximum atomic E-state index is 5.53. The minimum Gasteiger partial charge on any atom is -0.399 e. The first kappa shape index (κ1) is 8.43. The van der Waals surface area contributed by atoms with Crippen LogP contribution in [0.4, 0.5) is 5.69 Å². The molecule has 0 spiro atoms. The fraction of sp³-hybridized carbons (Fsp3) is 0.250. The van der Waals surface area contributed by atoms with Crippen LogP contribution < -0.4 is 10.5 Å². The van der Waals surface area contributed by atoms with Gasteiger partial charge in [0.2, 0.25) is 0 Å². The molecule has 0 atom stereocenters. The minimum atomic E-state index is 0.811. The lowest BCUT2D eigenvalue weighted by Gasteiger charge is -2.00. The molecule has 3 heteroatoms. The summed E-state index contributed by atoms with van der Waals surface area (Å²) in [4.78, 5) is 1.20. The second kappa shape index (κ2) is 4.26. The molecule has 0 bridgehead atoms. The topological polar surface area (TPSA) is 38.0 Å². The van der Waals surface area contributed by atoms with E-state index in [-0.39, 0.29) is 0 Å². The molecular weight excluding hydrogens is 156 g/mol. The molecule has 0 aromatic heterocycles. The molecule has 0 aliphatic rings. The Labute approximate surface area is 71.3 Å². The van der Waals surface area contributed by atoms with Gasteiger partial charge in [-0.3, -0.25) is 4.72 Å². The van der Waals surface area contributed by atoms with E-state index in [1.54, 1.807) is 11.9 Å². The van der Waals surface area contributed by atoms with Crippen LogP contribution in [0.25, 0.3) is 0 Å². The Balaban J connectivity index is 2.52. The Kier molecular flexibility index (Phi) is 3.26. The predicted molar refractivity (Wildman–Crippen MR) is 50.4 cm³/mol. The van der Waals surface area contributed by atoms with Crippen molar-refractivity contribution >= 4 is 17.6 Å². The molecule has 1 rings (SSSR count). The van der Waals surface area contributed by atoms with Crippen molar-refractivity contribution in [1.82, 2.24) is 4.72 Å². The molecule has 0 unspecified atom stereocenters. The van der Waals surface area contributed by atoms with Crippen molar-refractivity contribution in [2.45, 2.75) is 11.8 Å². The second-order valence-electron chi connectivity index (χ2n) is 2.17. The first-order valence-electron chi connectivity index (χ1n) is 3.58. The molecule has 11 heavy (non-hydrogen) atoms. The average Bonchev–Trinajstić information content (AvgIpc) is 2.04. The summed E-state index contributed by atoms with van der Waals surface area (Å²) in [6.07, 6.45) is 0. The third-order valence-electron chi connectivity index (χ3n) is 1.21. The highest BCUT2D eigenvalue weighted by Crippen LogP contribution is 2.15. The average molecular weight is 168 g/mol. The number of nitrogens with one attached hydrogen (secondary N) is 1. The zero-order chi connectivity index (χ0) is 8.10. The van der Waals surface area contributed by atoms with Gasteiger partial charge >= 0.3 is 0 Å². The highest BCUT2D eigenvalue weighted by Gasteiger charge is 1.90. The number of benzene rings is 1. The van der Waals surface area contributed by atoms with Crippen molar-refractivity contribution in [2.24, 2.45) is 0 Å². The van der Waals surface area contributed by atoms with Crippen molar-refractivity contribution < 1.29 is 0 Å². The summed E-state index contributed by atoms with van der Waals surface area (Å²) in [6.45, 7) is 3.04. The van der Waals surface area contributed by atoms with E-state index in [2.05, 4.69) is 11.6 Å². The van der Waals surface area contributed by atoms with Crippen molar-refractivity contribution in [3.8, 4) is 0 Å². The van der Waals surface area contributed by atoms with E-state index < -0.39 is 0 Å². The molecule has 3 N–H and O–H groups in total. The normalized spacial score (nSPS) is 9.91. The molecule has 0 aliphatic heterocycles. The van der Waals surface area contributed by atoms with Crippen molar-refractivity contribution in [3.05, 3.63) is 24.3 Å². The third-order valence-corrected chi connectivity index (χ3v) is 2.16. The van der Waals surface area contributed by atoms with Gasteiger partial charge in [-0.25, -0.2) is 0 Å². The molecular formula is C8H12N2S. The van der Waals surface area contributed by atoms with Crippen LogP contribution in [0.2, 0.25) is 0 Å². The van der Waals surface area contributed by atoms with Crippen molar-refractivity contribution in [3.63, 3.8) is 0 Å². The summed E-state index contributed by atoms with van der Waals surface area (Å²) in [5.74, 6) is 0. The summed E-state index contributed by atoms with van der Waals surface area (Å²) < 4.78 is 3.16. The van der Waals surface area contributed by atoms with Gasteiger partial charge in [-0.1, -0.05) is 6.92 Å². The summed E-state index contributed by atoms with van der Waals surface area (Å²) in [5, 5.41) is 0. The molecule has 2 nitrogen and oxygen atoms in total. The summed E-state index contributed by atoms with van der Waals surface area (Å²) in [5.41, 5.74) is 6.34. The molecule has 0 aliphatic carbocycles. The van der Waals surface area contributed by atoms with Crippen molar-refractivity contribution in [2.75, 3.05) is 12.3 Å². The summed E-state index contributed by atoms with van der Waals surface area (Å²) in [6, 6.07) is 7.81. The molecule has 60 valence electrons. The van der Waals surface area contributed by atoms with Crippen molar-refractivity contribution in [1.29, 1.82) is 0 Å². The first-order chi connectivity index (χ1) is 5.33. The number of nitrogen functional groups attached to an aromatic ring is 1. The van der Waals surface area contributed by atoms with Gasteiger partial charge in [-0.05, 0) is 36.2 Å². The largest absolute Gasteiger partial charge is 0.399 e. The zero-order valence-corrected chi connectivity index (χ0v) is 7.32. The standard InChI is InChI=1S/C8H12N2S/c1-2-10-11-8-5-3-7(9)4-6-8/h3-6,10H,2,9H2,1H3. The highest BCUT2D eigenvalue weighted by molar-refractivity contribution is 7.97. The molecule has 1 aromatic rings. The fourth-order valence-corrected chi connectivity index (χ4v) is 1.27. The van der Waals surface area contributed by atoms with Crippen LogP contribution in [0.3, 0.4) is 0 Å². The van der Waals surface area contributed by atoms with Gasteiger partial charge in [0, 0.05) is 17.1 Å². The summed E-state index contributed by atoms with van der Waals surface area (Å²) in [7, 11) is 0. The monoisotopic (exact) mass is 168 g/mol.